The number of benzene rings is 7. The van der Waals surface area contributed by atoms with E-state index in [2.05, 4.69) is 197 Å². The number of aromatic nitrogens is 2. The predicted octanol–water partition coefficient (Wildman–Crippen LogP) is 12.6. The minimum atomic E-state index is 0.930. The van der Waals surface area contributed by atoms with Gasteiger partial charge in [0.2, 0.25) is 0 Å². The van der Waals surface area contributed by atoms with Gasteiger partial charge < -0.3 is 4.90 Å². The second-order valence-corrected chi connectivity index (χ2v) is 12.5. The monoisotopic (exact) mass is 639 g/mol. The Morgan fingerprint density at radius 3 is 1.64 bits per heavy atom. The van der Waals surface area contributed by atoms with Gasteiger partial charge in [0.05, 0.1) is 11.4 Å². The van der Waals surface area contributed by atoms with E-state index in [9.17, 15) is 0 Å². The van der Waals surface area contributed by atoms with Gasteiger partial charge in [-0.2, -0.15) is 0 Å². The third kappa shape index (κ3) is 5.41. The van der Waals surface area contributed by atoms with Crippen LogP contribution in [0.3, 0.4) is 0 Å². The summed E-state index contributed by atoms with van der Waals surface area (Å²) >= 11 is 0. The summed E-state index contributed by atoms with van der Waals surface area (Å²) in [5.41, 5.74) is 13.3. The Labute approximate surface area is 292 Å². The van der Waals surface area contributed by atoms with Crippen molar-refractivity contribution in [1.82, 2.24) is 9.38 Å². The number of para-hydroxylation sites is 1. The van der Waals surface area contributed by atoms with E-state index in [0.717, 1.165) is 45.2 Å². The van der Waals surface area contributed by atoms with Gasteiger partial charge in [-0.1, -0.05) is 146 Å². The van der Waals surface area contributed by atoms with E-state index in [0.29, 0.717) is 0 Å². The molecule has 9 aromatic rings. The Hall–Kier alpha value is -6.71. The van der Waals surface area contributed by atoms with Gasteiger partial charge in [0.15, 0.2) is 0 Å². The van der Waals surface area contributed by atoms with Gasteiger partial charge >= 0.3 is 0 Å². The van der Waals surface area contributed by atoms with Crippen molar-refractivity contribution in [3.05, 3.63) is 200 Å². The van der Waals surface area contributed by atoms with Crippen LogP contribution in [0.15, 0.2) is 200 Å². The Bertz CT molecular complexity index is 2550. The lowest BCUT2D eigenvalue weighted by molar-refractivity contribution is 1.19. The van der Waals surface area contributed by atoms with Crippen molar-refractivity contribution in [2.75, 3.05) is 4.90 Å². The lowest BCUT2D eigenvalue weighted by Gasteiger charge is -2.26. The highest BCUT2D eigenvalue weighted by atomic mass is 15.1. The summed E-state index contributed by atoms with van der Waals surface area (Å²) in [7, 11) is 0. The van der Waals surface area contributed by atoms with E-state index >= 15 is 0 Å². The standard InChI is InChI=1S/C47H33N3/c1-3-13-38(14-4-1)46-47(49-33-10-9-20-45(49)48-46)39-27-31-42(32-28-39)50(40-16-5-2-6-17-40)41-29-25-35(26-30-41)34-21-23-37(24-22-34)44-19-11-15-36-12-7-8-18-43(36)44/h1-33H. The van der Waals surface area contributed by atoms with Crippen molar-refractivity contribution in [3.8, 4) is 44.8 Å². The van der Waals surface area contributed by atoms with Gasteiger partial charge in [-0.25, -0.2) is 4.98 Å². The molecule has 0 aliphatic rings. The Morgan fingerprint density at radius 1 is 0.380 bits per heavy atom. The molecule has 0 radical (unpaired) electrons. The fraction of sp³-hybridized carbons (Fsp3) is 0. The van der Waals surface area contributed by atoms with Crippen molar-refractivity contribution in [3.63, 3.8) is 0 Å². The van der Waals surface area contributed by atoms with Gasteiger partial charge in [-0.05, 0) is 81.6 Å². The van der Waals surface area contributed by atoms with Gasteiger partial charge in [0, 0.05) is 34.4 Å². The number of nitrogens with zero attached hydrogens (tertiary/aromatic N) is 3. The normalized spacial score (nSPS) is 11.2. The number of anilines is 3. The van der Waals surface area contributed by atoms with Crippen molar-refractivity contribution < 1.29 is 0 Å². The molecule has 2 heterocycles. The molecule has 0 saturated heterocycles. The Balaban J connectivity index is 1.05. The molecule has 7 aromatic carbocycles. The van der Waals surface area contributed by atoms with Crippen LogP contribution in [0, 0.1) is 0 Å². The Kier molecular flexibility index (Phi) is 7.49. The molecular formula is C47H33N3. The maximum atomic E-state index is 5.03. The molecule has 0 amide bonds. The Morgan fingerprint density at radius 2 is 0.920 bits per heavy atom. The van der Waals surface area contributed by atoms with Gasteiger partial charge in [-0.3, -0.25) is 4.40 Å². The van der Waals surface area contributed by atoms with Crippen LogP contribution in [-0.2, 0) is 0 Å². The number of fused-ring (bicyclic) bond motifs is 2. The third-order valence-electron chi connectivity index (χ3n) is 9.43. The van der Waals surface area contributed by atoms with Crippen LogP contribution in [0.25, 0.3) is 61.2 Å². The lowest BCUT2D eigenvalue weighted by atomic mass is 9.96. The molecule has 3 nitrogen and oxygen atoms in total. The number of imidazole rings is 1. The molecule has 0 fully saturated rings. The first-order valence-corrected chi connectivity index (χ1v) is 17.0. The zero-order valence-corrected chi connectivity index (χ0v) is 27.4. The lowest BCUT2D eigenvalue weighted by Crippen LogP contribution is -2.09. The molecule has 0 aliphatic carbocycles. The molecule has 0 saturated carbocycles. The van der Waals surface area contributed by atoms with E-state index in [1.165, 1.54) is 33.0 Å². The van der Waals surface area contributed by atoms with Crippen LogP contribution in [-0.4, -0.2) is 9.38 Å². The zero-order valence-electron chi connectivity index (χ0n) is 27.4. The highest BCUT2D eigenvalue weighted by molar-refractivity contribution is 5.97. The third-order valence-corrected chi connectivity index (χ3v) is 9.43. The topological polar surface area (TPSA) is 20.5 Å². The first kappa shape index (κ1) is 29.4. The zero-order chi connectivity index (χ0) is 33.3. The van der Waals surface area contributed by atoms with E-state index in [1.54, 1.807) is 0 Å². The molecule has 0 unspecified atom stereocenters. The minimum absolute atomic E-state index is 0.930. The first-order valence-electron chi connectivity index (χ1n) is 17.0. The molecule has 0 N–H and O–H groups in total. The summed E-state index contributed by atoms with van der Waals surface area (Å²) in [5.74, 6) is 0. The molecule has 50 heavy (non-hydrogen) atoms. The van der Waals surface area contributed by atoms with Crippen molar-refractivity contribution in [2.24, 2.45) is 0 Å². The fourth-order valence-electron chi connectivity index (χ4n) is 6.98. The fourth-order valence-corrected chi connectivity index (χ4v) is 6.98. The smallest absolute Gasteiger partial charge is 0.137 e. The molecule has 0 spiro atoms. The highest BCUT2D eigenvalue weighted by Gasteiger charge is 2.18. The summed E-state index contributed by atoms with van der Waals surface area (Å²) in [5, 5.41) is 2.53. The summed E-state index contributed by atoms with van der Waals surface area (Å²) in [6.07, 6.45) is 2.09. The van der Waals surface area contributed by atoms with Crippen LogP contribution >= 0.6 is 0 Å². The molecule has 0 bridgehead atoms. The average molecular weight is 640 g/mol. The minimum Gasteiger partial charge on any atom is -0.311 e. The molecule has 9 rings (SSSR count). The molecule has 0 aliphatic heterocycles. The SMILES string of the molecule is c1ccc(-c2nc3ccccn3c2-c2ccc(N(c3ccccc3)c3ccc(-c4ccc(-c5cccc6ccccc56)cc4)cc3)cc2)cc1. The van der Waals surface area contributed by atoms with Crippen LogP contribution < -0.4 is 4.90 Å². The number of pyridine rings is 1. The maximum absolute atomic E-state index is 5.03. The molecule has 0 atom stereocenters. The molecule has 3 heteroatoms. The van der Waals surface area contributed by atoms with Crippen LogP contribution in [0.1, 0.15) is 0 Å². The predicted molar refractivity (Wildman–Crippen MR) is 209 cm³/mol. The quantitative estimate of drug-likeness (QED) is 0.173. The molecular weight excluding hydrogens is 607 g/mol. The number of hydrogen-bond acceptors (Lipinski definition) is 2. The van der Waals surface area contributed by atoms with Gasteiger partial charge in [0.1, 0.15) is 5.65 Å². The number of rotatable bonds is 7. The maximum Gasteiger partial charge on any atom is 0.137 e. The largest absolute Gasteiger partial charge is 0.311 e. The van der Waals surface area contributed by atoms with E-state index in [1.807, 2.05) is 12.1 Å². The molecule has 236 valence electrons. The van der Waals surface area contributed by atoms with E-state index in [-0.39, 0.29) is 0 Å². The second kappa shape index (κ2) is 12.7. The molecule has 2 aromatic heterocycles. The first-order chi connectivity index (χ1) is 24.8. The van der Waals surface area contributed by atoms with E-state index in [4.69, 9.17) is 4.98 Å². The van der Waals surface area contributed by atoms with Crippen LogP contribution in [0.5, 0.6) is 0 Å². The second-order valence-electron chi connectivity index (χ2n) is 12.5. The van der Waals surface area contributed by atoms with Crippen LogP contribution in [0.2, 0.25) is 0 Å². The summed E-state index contributed by atoms with van der Waals surface area (Å²) in [4.78, 5) is 7.34. The van der Waals surface area contributed by atoms with Gasteiger partial charge in [-0.15, -0.1) is 0 Å². The summed E-state index contributed by atoms with van der Waals surface area (Å²) in [6.45, 7) is 0. The van der Waals surface area contributed by atoms with E-state index < -0.39 is 0 Å². The average Bonchev–Trinajstić information content (AvgIpc) is 3.59. The summed E-state index contributed by atoms with van der Waals surface area (Å²) in [6, 6.07) is 68.8. The van der Waals surface area contributed by atoms with Crippen LogP contribution in [0.4, 0.5) is 17.1 Å². The summed E-state index contributed by atoms with van der Waals surface area (Å²) < 4.78 is 2.18. The number of hydrogen-bond donors (Lipinski definition) is 0. The highest BCUT2D eigenvalue weighted by Crippen LogP contribution is 2.39. The van der Waals surface area contributed by atoms with Crippen molar-refractivity contribution >= 4 is 33.5 Å². The van der Waals surface area contributed by atoms with Gasteiger partial charge in [0.25, 0.3) is 0 Å². The van der Waals surface area contributed by atoms with Crippen molar-refractivity contribution in [2.45, 2.75) is 0 Å². The van der Waals surface area contributed by atoms with Crippen molar-refractivity contribution in [1.29, 1.82) is 0 Å².